The molecule has 0 unspecified atom stereocenters. The number of carbonyl (C=O) groups is 3. The van der Waals surface area contributed by atoms with E-state index in [1.54, 1.807) is 48.5 Å². The molecular formula is C24H15ClN2O3. The quantitative estimate of drug-likeness (QED) is 0.486. The van der Waals surface area contributed by atoms with Crippen molar-refractivity contribution in [2.75, 3.05) is 11.4 Å². The Bertz CT molecular complexity index is 1230. The fraction of sp³-hybridized carbons (Fsp3) is 0.0833. The Morgan fingerprint density at radius 1 is 0.867 bits per heavy atom. The van der Waals surface area contributed by atoms with Gasteiger partial charge >= 0.3 is 0 Å². The summed E-state index contributed by atoms with van der Waals surface area (Å²) in [6, 6.07) is 20.4. The molecule has 0 saturated carbocycles. The van der Waals surface area contributed by atoms with Gasteiger partial charge in [-0.05, 0) is 24.3 Å². The maximum Gasteiger partial charge on any atom is 0.259 e. The molecule has 4 rings (SSSR count). The van der Waals surface area contributed by atoms with Gasteiger partial charge in [-0.3, -0.25) is 14.4 Å². The van der Waals surface area contributed by atoms with Crippen LogP contribution in [0.5, 0.6) is 0 Å². The molecule has 1 aliphatic carbocycles. The Labute approximate surface area is 178 Å². The Morgan fingerprint density at radius 2 is 1.50 bits per heavy atom. The highest BCUT2D eigenvalue weighted by Crippen LogP contribution is 2.34. The number of para-hydroxylation sites is 1. The molecule has 1 amide bonds. The van der Waals surface area contributed by atoms with E-state index in [-0.39, 0.29) is 51.8 Å². The lowest BCUT2D eigenvalue weighted by Gasteiger charge is -2.24. The molecule has 0 spiro atoms. The van der Waals surface area contributed by atoms with Gasteiger partial charge in [0.1, 0.15) is 0 Å². The van der Waals surface area contributed by atoms with E-state index in [4.69, 9.17) is 16.9 Å². The molecule has 146 valence electrons. The predicted octanol–water partition coefficient (Wildman–Crippen LogP) is 4.68. The van der Waals surface area contributed by atoms with E-state index in [2.05, 4.69) is 0 Å². The lowest BCUT2D eigenvalue weighted by Crippen LogP contribution is -2.32. The molecule has 0 bridgehead atoms. The molecule has 0 aliphatic heterocycles. The van der Waals surface area contributed by atoms with E-state index < -0.39 is 5.91 Å². The van der Waals surface area contributed by atoms with Gasteiger partial charge in [0.05, 0.1) is 28.6 Å². The van der Waals surface area contributed by atoms with Crippen LogP contribution >= 0.6 is 11.6 Å². The van der Waals surface area contributed by atoms with Gasteiger partial charge < -0.3 is 4.90 Å². The van der Waals surface area contributed by atoms with Crippen molar-refractivity contribution in [2.45, 2.75) is 6.42 Å². The Morgan fingerprint density at radius 3 is 2.17 bits per heavy atom. The van der Waals surface area contributed by atoms with Crippen molar-refractivity contribution in [2.24, 2.45) is 0 Å². The van der Waals surface area contributed by atoms with Crippen molar-refractivity contribution >= 4 is 34.8 Å². The Hall–Kier alpha value is -3.75. The number of fused-ring (bicyclic) bond motifs is 2. The Kier molecular flexibility index (Phi) is 5.18. The van der Waals surface area contributed by atoms with Crippen LogP contribution in [0.15, 0.2) is 66.7 Å². The van der Waals surface area contributed by atoms with Crippen molar-refractivity contribution < 1.29 is 14.4 Å². The minimum Gasteiger partial charge on any atom is -0.307 e. The first-order valence-corrected chi connectivity index (χ1v) is 9.67. The molecule has 0 aromatic heterocycles. The zero-order chi connectivity index (χ0) is 21.3. The number of carbonyl (C=O) groups excluding carboxylic acids is 3. The summed E-state index contributed by atoms with van der Waals surface area (Å²) in [5.74, 6) is -1.13. The van der Waals surface area contributed by atoms with E-state index in [1.807, 2.05) is 12.1 Å². The van der Waals surface area contributed by atoms with Crippen LogP contribution in [-0.4, -0.2) is 24.0 Å². The van der Waals surface area contributed by atoms with E-state index in [9.17, 15) is 14.4 Å². The van der Waals surface area contributed by atoms with E-state index in [0.29, 0.717) is 11.3 Å². The van der Waals surface area contributed by atoms with Crippen LogP contribution in [0, 0.1) is 11.3 Å². The summed E-state index contributed by atoms with van der Waals surface area (Å²) < 4.78 is 0. The second kappa shape index (κ2) is 7.94. The van der Waals surface area contributed by atoms with Crippen LogP contribution in [-0.2, 0) is 0 Å². The maximum absolute atomic E-state index is 13.3. The molecule has 5 nitrogen and oxygen atoms in total. The van der Waals surface area contributed by atoms with E-state index in [1.165, 1.54) is 17.0 Å². The third-order valence-electron chi connectivity index (χ3n) is 5.02. The molecule has 3 aromatic rings. The molecule has 30 heavy (non-hydrogen) atoms. The normalized spacial score (nSPS) is 12.0. The number of hydrogen-bond donors (Lipinski definition) is 0. The van der Waals surface area contributed by atoms with Crippen LogP contribution in [0.2, 0.25) is 5.02 Å². The SMILES string of the molecule is N#CCCN(C(=O)c1ccc2c(c1Cl)C(=O)c1ccccc1C2=O)c1ccccc1. The summed E-state index contributed by atoms with van der Waals surface area (Å²) in [5, 5.41) is 8.94. The monoisotopic (exact) mass is 414 g/mol. The molecule has 3 aromatic carbocycles. The summed E-state index contributed by atoms with van der Waals surface area (Å²) in [6.07, 6.45) is 0.133. The van der Waals surface area contributed by atoms with Gasteiger partial charge in [0.25, 0.3) is 5.91 Å². The van der Waals surface area contributed by atoms with Crippen molar-refractivity contribution in [3.8, 4) is 6.07 Å². The molecular weight excluding hydrogens is 400 g/mol. The number of halogens is 1. The third-order valence-corrected chi connectivity index (χ3v) is 5.41. The van der Waals surface area contributed by atoms with Crippen LogP contribution < -0.4 is 4.90 Å². The number of rotatable bonds is 4. The maximum atomic E-state index is 13.3. The highest BCUT2D eigenvalue weighted by atomic mass is 35.5. The molecule has 0 saturated heterocycles. The number of anilines is 1. The van der Waals surface area contributed by atoms with Crippen molar-refractivity contribution in [3.05, 3.63) is 99.6 Å². The van der Waals surface area contributed by atoms with E-state index in [0.717, 1.165) is 0 Å². The number of ketones is 2. The van der Waals surface area contributed by atoms with Crippen molar-refractivity contribution in [1.82, 2.24) is 0 Å². The molecule has 1 aliphatic rings. The first kappa shape index (κ1) is 19.6. The molecule has 6 heteroatoms. The molecule has 0 atom stereocenters. The van der Waals surface area contributed by atoms with Gasteiger partial charge in [-0.1, -0.05) is 54.1 Å². The second-order valence-electron chi connectivity index (χ2n) is 6.75. The van der Waals surface area contributed by atoms with Gasteiger partial charge in [0.2, 0.25) is 0 Å². The lowest BCUT2D eigenvalue weighted by molar-refractivity contribution is 0.0974. The summed E-state index contributed by atoms with van der Waals surface area (Å²) in [4.78, 5) is 40.7. The zero-order valence-corrected chi connectivity index (χ0v) is 16.5. The highest BCUT2D eigenvalue weighted by Gasteiger charge is 2.33. The topological polar surface area (TPSA) is 78.2 Å². The zero-order valence-electron chi connectivity index (χ0n) is 15.8. The van der Waals surface area contributed by atoms with Gasteiger partial charge in [0, 0.05) is 28.9 Å². The number of benzene rings is 3. The predicted molar refractivity (Wildman–Crippen MR) is 113 cm³/mol. The smallest absolute Gasteiger partial charge is 0.259 e. The fourth-order valence-corrected chi connectivity index (χ4v) is 3.91. The highest BCUT2D eigenvalue weighted by molar-refractivity contribution is 6.41. The lowest BCUT2D eigenvalue weighted by atomic mass is 9.83. The van der Waals surface area contributed by atoms with Crippen LogP contribution in [0.25, 0.3) is 0 Å². The molecule has 0 radical (unpaired) electrons. The summed E-state index contributed by atoms with van der Waals surface area (Å²) in [6.45, 7) is 0.169. The average molecular weight is 415 g/mol. The summed E-state index contributed by atoms with van der Waals surface area (Å²) >= 11 is 6.53. The summed E-state index contributed by atoms with van der Waals surface area (Å²) in [5.41, 5.74) is 1.54. The molecule has 0 heterocycles. The van der Waals surface area contributed by atoms with Gasteiger partial charge in [-0.2, -0.15) is 5.26 Å². The first-order valence-electron chi connectivity index (χ1n) is 9.29. The van der Waals surface area contributed by atoms with Gasteiger partial charge in [-0.15, -0.1) is 0 Å². The fourth-order valence-electron chi connectivity index (χ4n) is 3.57. The Balaban J connectivity index is 1.81. The van der Waals surface area contributed by atoms with E-state index >= 15 is 0 Å². The first-order chi connectivity index (χ1) is 14.5. The third kappa shape index (κ3) is 3.18. The number of nitrogens with zero attached hydrogens (tertiary/aromatic N) is 2. The van der Waals surface area contributed by atoms with Crippen molar-refractivity contribution in [1.29, 1.82) is 5.26 Å². The molecule has 0 fully saturated rings. The van der Waals surface area contributed by atoms with Gasteiger partial charge in [0.15, 0.2) is 11.6 Å². The van der Waals surface area contributed by atoms with Gasteiger partial charge in [-0.25, -0.2) is 0 Å². The van der Waals surface area contributed by atoms with Crippen molar-refractivity contribution in [3.63, 3.8) is 0 Å². The van der Waals surface area contributed by atoms with Crippen LogP contribution in [0.1, 0.15) is 48.6 Å². The minimum atomic E-state index is -0.441. The number of amides is 1. The number of hydrogen-bond acceptors (Lipinski definition) is 4. The summed E-state index contributed by atoms with van der Waals surface area (Å²) in [7, 11) is 0. The standard InChI is InChI=1S/C24H15ClN2O3/c25-21-19(24(30)27(14-6-13-26)15-7-2-1-3-8-15)12-11-18-20(21)23(29)17-10-5-4-9-16(17)22(18)28/h1-5,7-12H,6,14H2. The minimum absolute atomic E-state index is 0.0412. The van der Waals surface area contributed by atoms with Crippen LogP contribution in [0.3, 0.4) is 0 Å². The molecule has 0 N–H and O–H groups in total. The number of nitriles is 1. The largest absolute Gasteiger partial charge is 0.307 e. The average Bonchev–Trinajstić information content (AvgIpc) is 2.78. The van der Waals surface area contributed by atoms with Crippen LogP contribution in [0.4, 0.5) is 5.69 Å². The second-order valence-corrected chi connectivity index (χ2v) is 7.13.